The average molecular weight is 482 g/mol. The standard InChI is InChI=1S/C24H24ClN5O4/c1-2-29-23(32)28-22(30(24(29)33)14-16-3-5-17(25)6-4-16)27-18-7-9-20(10-8-18)34-21-11-12-26-19(13-21)15-31/h3-13,22,27,31H,2,14-15H2,1H3,(H,28,32). The summed E-state index contributed by atoms with van der Waals surface area (Å²) in [5.74, 6) is 1.14. The molecule has 0 aliphatic carbocycles. The molecule has 34 heavy (non-hydrogen) atoms. The Morgan fingerprint density at radius 2 is 1.82 bits per heavy atom. The molecule has 0 radical (unpaired) electrons. The number of imide groups is 1. The highest BCUT2D eigenvalue weighted by molar-refractivity contribution is 6.30. The van der Waals surface area contributed by atoms with E-state index in [1.165, 1.54) is 0 Å². The van der Waals surface area contributed by atoms with Crippen LogP contribution in [0.2, 0.25) is 5.02 Å². The number of nitrogens with one attached hydrogen (secondary N) is 2. The van der Waals surface area contributed by atoms with Crippen molar-refractivity contribution in [1.82, 2.24) is 20.1 Å². The second-order valence-electron chi connectivity index (χ2n) is 7.54. The van der Waals surface area contributed by atoms with Crippen LogP contribution in [-0.4, -0.2) is 44.8 Å². The van der Waals surface area contributed by atoms with Gasteiger partial charge in [0.15, 0.2) is 6.29 Å². The topological polar surface area (TPSA) is 107 Å². The number of rotatable bonds is 8. The minimum absolute atomic E-state index is 0.173. The van der Waals surface area contributed by atoms with Crippen LogP contribution < -0.4 is 15.4 Å². The van der Waals surface area contributed by atoms with E-state index < -0.39 is 18.4 Å². The molecule has 1 aliphatic rings. The largest absolute Gasteiger partial charge is 0.457 e. The van der Waals surface area contributed by atoms with Crippen LogP contribution in [0.15, 0.2) is 66.9 Å². The van der Waals surface area contributed by atoms with Gasteiger partial charge in [0.1, 0.15) is 11.5 Å². The summed E-state index contributed by atoms with van der Waals surface area (Å²) in [6.45, 7) is 2.11. The highest BCUT2D eigenvalue weighted by Gasteiger charge is 2.37. The summed E-state index contributed by atoms with van der Waals surface area (Å²) in [4.78, 5) is 32.2. The Kier molecular flexibility index (Phi) is 7.15. The van der Waals surface area contributed by atoms with Crippen molar-refractivity contribution >= 4 is 29.4 Å². The van der Waals surface area contributed by atoms with Crippen molar-refractivity contribution in [3.63, 3.8) is 0 Å². The first kappa shape index (κ1) is 23.3. The van der Waals surface area contributed by atoms with E-state index in [1.807, 2.05) is 12.1 Å². The van der Waals surface area contributed by atoms with Crippen LogP contribution in [0.4, 0.5) is 15.3 Å². The zero-order chi connectivity index (χ0) is 24.1. The highest BCUT2D eigenvalue weighted by atomic mass is 35.5. The Morgan fingerprint density at radius 3 is 2.50 bits per heavy atom. The number of carbonyl (C=O) groups excluding carboxylic acids is 2. The number of pyridine rings is 1. The van der Waals surface area contributed by atoms with Crippen molar-refractivity contribution in [3.05, 3.63) is 83.1 Å². The van der Waals surface area contributed by atoms with Gasteiger partial charge in [-0.3, -0.25) is 15.2 Å². The van der Waals surface area contributed by atoms with Gasteiger partial charge in [0, 0.05) is 29.5 Å². The Bertz CT molecular complexity index is 1160. The lowest BCUT2D eigenvalue weighted by atomic mass is 10.2. The first-order valence-electron chi connectivity index (χ1n) is 10.7. The van der Waals surface area contributed by atoms with E-state index in [9.17, 15) is 14.7 Å². The fourth-order valence-corrected chi connectivity index (χ4v) is 3.61. The Balaban J connectivity index is 1.49. The number of anilines is 1. The third kappa shape index (κ3) is 5.38. The number of aromatic nitrogens is 1. The molecule has 4 amide bonds. The number of halogens is 1. The van der Waals surface area contributed by atoms with E-state index in [-0.39, 0.29) is 19.7 Å². The first-order valence-corrected chi connectivity index (χ1v) is 11.1. The number of ether oxygens (including phenoxy) is 1. The lowest BCUT2D eigenvalue weighted by Crippen LogP contribution is -2.66. The number of aliphatic hydroxyl groups excluding tert-OH is 1. The van der Waals surface area contributed by atoms with E-state index in [0.29, 0.717) is 27.9 Å². The molecule has 1 atom stereocenters. The number of carbonyl (C=O) groups is 2. The summed E-state index contributed by atoms with van der Waals surface area (Å²) >= 11 is 5.98. The number of urea groups is 2. The molecule has 0 spiro atoms. The van der Waals surface area contributed by atoms with Crippen LogP contribution in [0.3, 0.4) is 0 Å². The van der Waals surface area contributed by atoms with E-state index in [1.54, 1.807) is 66.6 Å². The molecule has 3 aromatic rings. The molecule has 4 rings (SSSR count). The number of benzene rings is 2. The van der Waals surface area contributed by atoms with Crippen LogP contribution in [-0.2, 0) is 13.2 Å². The molecule has 1 unspecified atom stereocenters. The number of hydrogen-bond donors (Lipinski definition) is 3. The van der Waals surface area contributed by atoms with Gasteiger partial charge in [-0.1, -0.05) is 23.7 Å². The smallest absolute Gasteiger partial charge is 0.331 e. The molecule has 2 aromatic carbocycles. The Hall–Kier alpha value is -3.82. The predicted molar refractivity (Wildman–Crippen MR) is 127 cm³/mol. The molecule has 3 N–H and O–H groups in total. The van der Waals surface area contributed by atoms with Gasteiger partial charge < -0.3 is 15.2 Å². The maximum Gasteiger partial charge on any atom is 0.331 e. The van der Waals surface area contributed by atoms with Gasteiger partial charge in [-0.25, -0.2) is 14.5 Å². The number of hydrogen-bond acceptors (Lipinski definition) is 6. The molecule has 1 aromatic heterocycles. The van der Waals surface area contributed by atoms with E-state index >= 15 is 0 Å². The van der Waals surface area contributed by atoms with Crippen LogP contribution in [0, 0.1) is 0 Å². The maximum absolute atomic E-state index is 13.0. The first-order chi connectivity index (χ1) is 16.5. The SMILES string of the molecule is CCN1C(=O)NC(Nc2ccc(Oc3ccnc(CO)c3)cc2)N(Cc2ccc(Cl)cc2)C1=O. The predicted octanol–water partition coefficient (Wildman–Crippen LogP) is 4.38. The summed E-state index contributed by atoms with van der Waals surface area (Å²) in [6, 6.07) is 16.8. The minimum atomic E-state index is -0.752. The summed E-state index contributed by atoms with van der Waals surface area (Å²) in [5.41, 5.74) is 2.07. The van der Waals surface area contributed by atoms with Gasteiger partial charge in [-0.15, -0.1) is 0 Å². The van der Waals surface area contributed by atoms with Gasteiger partial charge in [0.25, 0.3) is 0 Å². The highest BCUT2D eigenvalue weighted by Crippen LogP contribution is 2.25. The zero-order valence-corrected chi connectivity index (χ0v) is 19.2. The maximum atomic E-state index is 13.0. The summed E-state index contributed by atoms with van der Waals surface area (Å²) in [7, 11) is 0. The van der Waals surface area contributed by atoms with Crippen molar-refractivity contribution in [2.24, 2.45) is 0 Å². The number of aliphatic hydroxyl groups is 1. The average Bonchev–Trinajstić information content (AvgIpc) is 2.84. The van der Waals surface area contributed by atoms with E-state index in [4.69, 9.17) is 16.3 Å². The van der Waals surface area contributed by atoms with Crippen molar-refractivity contribution in [1.29, 1.82) is 0 Å². The van der Waals surface area contributed by atoms with Gasteiger partial charge in [-0.2, -0.15) is 0 Å². The normalized spacial score (nSPS) is 15.8. The van der Waals surface area contributed by atoms with Crippen molar-refractivity contribution in [3.8, 4) is 11.5 Å². The Labute approximate surface area is 201 Å². The van der Waals surface area contributed by atoms with Gasteiger partial charge in [-0.05, 0) is 55.0 Å². The third-order valence-electron chi connectivity index (χ3n) is 5.22. The van der Waals surface area contributed by atoms with Crippen LogP contribution >= 0.6 is 11.6 Å². The Morgan fingerprint density at radius 1 is 1.09 bits per heavy atom. The van der Waals surface area contributed by atoms with Gasteiger partial charge >= 0.3 is 12.1 Å². The molecular weight excluding hydrogens is 458 g/mol. The second-order valence-corrected chi connectivity index (χ2v) is 7.98. The molecule has 0 saturated carbocycles. The summed E-state index contributed by atoms with van der Waals surface area (Å²) in [5, 5.41) is 15.9. The molecule has 1 aliphatic heterocycles. The molecule has 1 saturated heterocycles. The molecule has 2 heterocycles. The number of nitrogens with zero attached hydrogens (tertiary/aromatic N) is 3. The van der Waals surface area contributed by atoms with E-state index in [2.05, 4.69) is 15.6 Å². The van der Waals surface area contributed by atoms with Crippen molar-refractivity contribution < 1.29 is 19.4 Å². The van der Waals surface area contributed by atoms with Crippen LogP contribution in [0.25, 0.3) is 0 Å². The van der Waals surface area contributed by atoms with Crippen molar-refractivity contribution in [2.45, 2.75) is 26.4 Å². The molecule has 9 nitrogen and oxygen atoms in total. The summed E-state index contributed by atoms with van der Waals surface area (Å²) < 4.78 is 5.81. The zero-order valence-electron chi connectivity index (χ0n) is 18.4. The molecule has 0 bridgehead atoms. The van der Waals surface area contributed by atoms with Crippen LogP contribution in [0.5, 0.6) is 11.5 Å². The van der Waals surface area contributed by atoms with E-state index in [0.717, 1.165) is 10.5 Å². The monoisotopic (exact) mass is 481 g/mol. The van der Waals surface area contributed by atoms with Gasteiger partial charge in [0.05, 0.1) is 18.8 Å². The fraction of sp³-hybridized carbons (Fsp3) is 0.208. The lowest BCUT2D eigenvalue weighted by molar-refractivity contribution is 0.108. The summed E-state index contributed by atoms with van der Waals surface area (Å²) in [6.07, 6.45) is 0.812. The molecular formula is C24H24ClN5O4. The quantitative estimate of drug-likeness (QED) is 0.440. The third-order valence-corrected chi connectivity index (χ3v) is 5.47. The van der Waals surface area contributed by atoms with Crippen LogP contribution in [0.1, 0.15) is 18.2 Å². The van der Waals surface area contributed by atoms with Crippen molar-refractivity contribution in [2.75, 3.05) is 11.9 Å². The second kappa shape index (κ2) is 10.4. The fourth-order valence-electron chi connectivity index (χ4n) is 3.48. The number of amides is 4. The molecule has 10 heteroatoms. The van der Waals surface area contributed by atoms with Gasteiger partial charge in [0.2, 0.25) is 0 Å². The molecule has 1 fully saturated rings. The minimum Gasteiger partial charge on any atom is -0.457 e. The lowest BCUT2D eigenvalue weighted by Gasteiger charge is -2.41. The molecule has 176 valence electrons.